The highest BCUT2D eigenvalue weighted by Crippen LogP contribution is 2.47. The molecule has 0 bridgehead atoms. The molecule has 6 aromatic rings. The zero-order chi connectivity index (χ0) is 33.2. The fraction of sp³-hybridized carbons (Fsp3) is 0.179. The minimum Gasteiger partial charge on any atom is -0.492 e. The maximum absolute atomic E-state index is 11.9. The second-order valence-corrected chi connectivity index (χ2v) is 14.1. The molecule has 4 aromatic carbocycles. The van der Waals surface area contributed by atoms with E-state index in [1.807, 2.05) is 66.5 Å². The fourth-order valence-corrected chi connectivity index (χ4v) is 7.86. The predicted octanol–water partition coefficient (Wildman–Crippen LogP) is 9.99. The molecule has 1 aliphatic rings. The van der Waals surface area contributed by atoms with Crippen LogP contribution in [-0.2, 0) is 26.0 Å². The van der Waals surface area contributed by atoms with Crippen molar-refractivity contribution in [1.29, 1.82) is 0 Å². The van der Waals surface area contributed by atoms with Crippen molar-refractivity contribution in [1.82, 2.24) is 9.55 Å². The first-order valence-electron chi connectivity index (χ1n) is 15.7. The average molecular weight is 696 g/mol. The summed E-state index contributed by atoms with van der Waals surface area (Å²) < 4.78 is 14.9. The van der Waals surface area contributed by atoms with Crippen molar-refractivity contribution in [2.75, 3.05) is 6.61 Å². The van der Waals surface area contributed by atoms with E-state index in [2.05, 4.69) is 46.8 Å². The SMILES string of the molecule is CC1Cc2c(OCc3ccc(-c4ccccc4)cn3)ccc3c2c(c(CCOc2ccc(Cl)cc2C(=O)O)n3Cc2ccc(Cl)cc2)S1. The lowest BCUT2D eigenvalue weighted by atomic mass is 10.0. The van der Waals surface area contributed by atoms with E-state index in [0.29, 0.717) is 47.2 Å². The topological polar surface area (TPSA) is 73.6 Å². The molecule has 0 fully saturated rings. The molecule has 0 saturated heterocycles. The lowest BCUT2D eigenvalue weighted by Gasteiger charge is -2.22. The highest BCUT2D eigenvalue weighted by Gasteiger charge is 2.29. The van der Waals surface area contributed by atoms with Gasteiger partial charge < -0.3 is 19.1 Å². The molecular weight excluding hydrogens is 663 g/mol. The van der Waals surface area contributed by atoms with Crippen LogP contribution in [0.3, 0.4) is 0 Å². The third kappa shape index (κ3) is 6.76. The van der Waals surface area contributed by atoms with Crippen LogP contribution in [0.1, 0.15) is 39.8 Å². The van der Waals surface area contributed by atoms with Crippen molar-refractivity contribution in [3.05, 3.63) is 141 Å². The molecule has 3 heterocycles. The molecule has 0 aliphatic carbocycles. The van der Waals surface area contributed by atoms with Crippen molar-refractivity contribution >= 4 is 51.8 Å². The van der Waals surface area contributed by atoms with Gasteiger partial charge in [0.2, 0.25) is 0 Å². The minimum absolute atomic E-state index is 0.0433. The number of pyridine rings is 1. The third-order valence-corrected chi connectivity index (χ3v) is 10.2. The fourth-order valence-electron chi connectivity index (χ4n) is 6.22. The monoisotopic (exact) mass is 694 g/mol. The van der Waals surface area contributed by atoms with E-state index in [9.17, 15) is 9.90 Å². The van der Waals surface area contributed by atoms with Crippen LogP contribution < -0.4 is 9.47 Å². The van der Waals surface area contributed by atoms with Gasteiger partial charge in [-0.25, -0.2) is 4.79 Å². The quantitative estimate of drug-likeness (QED) is 0.146. The molecule has 0 amide bonds. The van der Waals surface area contributed by atoms with Gasteiger partial charge in [0.1, 0.15) is 23.7 Å². The number of benzene rings is 4. The van der Waals surface area contributed by atoms with E-state index in [-0.39, 0.29) is 5.56 Å². The van der Waals surface area contributed by atoms with Gasteiger partial charge in [-0.3, -0.25) is 4.98 Å². The maximum Gasteiger partial charge on any atom is 0.339 e. The molecule has 1 aliphatic heterocycles. The number of rotatable bonds is 11. The van der Waals surface area contributed by atoms with Gasteiger partial charge in [0.25, 0.3) is 0 Å². The van der Waals surface area contributed by atoms with E-state index >= 15 is 0 Å². The number of aromatic nitrogens is 2. The average Bonchev–Trinajstić information content (AvgIpc) is 3.38. The summed E-state index contributed by atoms with van der Waals surface area (Å²) in [4.78, 5) is 17.8. The highest BCUT2D eigenvalue weighted by atomic mass is 35.5. The molecule has 0 saturated carbocycles. The normalized spacial score (nSPS) is 13.9. The maximum atomic E-state index is 11.9. The van der Waals surface area contributed by atoms with Crippen molar-refractivity contribution in [3.8, 4) is 22.6 Å². The second kappa shape index (κ2) is 14.0. The zero-order valence-electron chi connectivity index (χ0n) is 26.2. The van der Waals surface area contributed by atoms with Crippen LogP contribution in [0.15, 0.2) is 108 Å². The summed E-state index contributed by atoms with van der Waals surface area (Å²) in [5.41, 5.74) is 7.69. The van der Waals surface area contributed by atoms with Crippen molar-refractivity contribution < 1.29 is 19.4 Å². The zero-order valence-corrected chi connectivity index (χ0v) is 28.5. The Kier molecular flexibility index (Phi) is 9.35. The molecular formula is C39H32Cl2N2O4S. The molecule has 6 nitrogen and oxygen atoms in total. The molecule has 242 valence electrons. The lowest BCUT2D eigenvalue weighted by molar-refractivity contribution is 0.0692. The van der Waals surface area contributed by atoms with Crippen LogP contribution in [0, 0.1) is 0 Å². The summed E-state index contributed by atoms with van der Waals surface area (Å²) in [6, 6.07) is 31.1. The van der Waals surface area contributed by atoms with Gasteiger partial charge in [-0.05, 0) is 66.1 Å². The number of aromatic carboxylic acids is 1. The predicted molar refractivity (Wildman–Crippen MR) is 193 cm³/mol. The van der Waals surface area contributed by atoms with E-state index in [4.69, 9.17) is 32.7 Å². The molecule has 1 N–H and O–H groups in total. The molecule has 7 rings (SSSR count). The molecule has 1 atom stereocenters. The number of nitrogens with zero attached hydrogens (tertiary/aromatic N) is 2. The van der Waals surface area contributed by atoms with Crippen LogP contribution >= 0.6 is 35.0 Å². The number of thioether (sulfide) groups is 1. The van der Waals surface area contributed by atoms with Gasteiger partial charge in [0, 0.05) is 61.6 Å². The van der Waals surface area contributed by atoms with Crippen LogP contribution in [0.2, 0.25) is 10.0 Å². The minimum atomic E-state index is -1.08. The van der Waals surface area contributed by atoms with Crippen molar-refractivity contribution in [3.63, 3.8) is 0 Å². The number of halogens is 2. The Bertz CT molecular complexity index is 2100. The number of carboxylic acid groups (broad SMARTS) is 1. The van der Waals surface area contributed by atoms with Gasteiger partial charge in [0.05, 0.1) is 17.8 Å². The van der Waals surface area contributed by atoms with E-state index in [0.717, 1.165) is 45.8 Å². The summed E-state index contributed by atoms with van der Waals surface area (Å²) in [5, 5.41) is 12.3. The van der Waals surface area contributed by atoms with Gasteiger partial charge in [0.15, 0.2) is 0 Å². The summed E-state index contributed by atoms with van der Waals surface area (Å²) in [5.74, 6) is 0.0793. The number of hydrogen-bond acceptors (Lipinski definition) is 5. The van der Waals surface area contributed by atoms with Gasteiger partial charge in [-0.1, -0.05) is 78.7 Å². The third-order valence-electron chi connectivity index (χ3n) is 8.49. The molecule has 2 aromatic heterocycles. The Balaban J connectivity index is 1.21. The molecule has 0 spiro atoms. The van der Waals surface area contributed by atoms with Crippen molar-refractivity contribution in [2.24, 2.45) is 0 Å². The summed E-state index contributed by atoms with van der Waals surface area (Å²) in [6.07, 6.45) is 3.34. The smallest absolute Gasteiger partial charge is 0.339 e. The van der Waals surface area contributed by atoms with Crippen LogP contribution in [0.5, 0.6) is 11.5 Å². The van der Waals surface area contributed by atoms with Gasteiger partial charge >= 0.3 is 5.97 Å². The first-order chi connectivity index (χ1) is 23.3. The molecule has 1 unspecified atom stereocenters. The molecule has 48 heavy (non-hydrogen) atoms. The van der Waals surface area contributed by atoms with Gasteiger partial charge in [-0.15, -0.1) is 11.8 Å². The summed E-state index contributed by atoms with van der Waals surface area (Å²) in [7, 11) is 0. The Morgan fingerprint density at radius 1 is 0.917 bits per heavy atom. The lowest BCUT2D eigenvalue weighted by Crippen LogP contribution is -2.12. The Labute approximate surface area is 293 Å². The van der Waals surface area contributed by atoms with E-state index in [1.165, 1.54) is 21.9 Å². The van der Waals surface area contributed by atoms with E-state index in [1.54, 1.807) is 12.1 Å². The van der Waals surface area contributed by atoms with E-state index < -0.39 is 5.97 Å². The standard InChI is InChI=1S/C39H32Cl2N2O4S/c1-24-19-31-35(47-23-30-13-9-27(21-42-30)26-5-3-2-4-6-26)16-14-33-37(31)38(48-24)34(43(33)22-25-7-10-28(40)11-8-25)17-18-46-36-15-12-29(41)20-32(36)39(44)45/h2-16,20-21,24H,17-19,22-23H2,1H3,(H,44,45). The number of carboxylic acids is 1. The highest BCUT2D eigenvalue weighted by molar-refractivity contribution is 8.00. The Morgan fingerprint density at radius 3 is 2.44 bits per heavy atom. The first kappa shape index (κ1) is 32.1. The first-order valence-corrected chi connectivity index (χ1v) is 17.3. The number of hydrogen-bond donors (Lipinski definition) is 1. The summed E-state index contributed by atoms with van der Waals surface area (Å²) in [6.45, 7) is 3.55. The second-order valence-electron chi connectivity index (χ2n) is 11.8. The van der Waals surface area contributed by atoms with Crippen molar-refractivity contribution in [2.45, 2.75) is 43.1 Å². The van der Waals surface area contributed by atoms with Crippen LogP contribution in [0.25, 0.3) is 22.0 Å². The Hall–Kier alpha value is -4.43. The van der Waals surface area contributed by atoms with Crippen LogP contribution in [0.4, 0.5) is 0 Å². The number of ether oxygens (including phenoxy) is 2. The summed E-state index contributed by atoms with van der Waals surface area (Å²) >= 11 is 14.2. The van der Waals surface area contributed by atoms with Gasteiger partial charge in [-0.2, -0.15) is 0 Å². The van der Waals surface area contributed by atoms with Crippen LogP contribution in [-0.4, -0.2) is 32.5 Å². The number of carbonyl (C=O) groups is 1. The molecule has 9 heteroatoms. The Morgan fingerprint density at radius 2 is 1.69 bits per heavy atom. The molecule has 0 radical (unpaired) electrons. The largest absolute Gasteiger partial charge is 0.492 e.